The maximum absolute atomic E-state index is 12.1. The van der Waals surface area contributed by atoms with Crippen molar-refractivity contribution in [3.63, 3.8) is 0 Å². The standard InChI is InChI=1S/C15H28N2O3/c1-5-6-8-16-13(18)12(4)17-9-7-15(10-17,11(2)3)14(19)20/h11-12H,5-10H2,1-4H3,(H,16,18)(H,19,20). The molecule has 0 spiro atoms. The number of carbonyl (C=O) groups excluding carboxylic acids is 1. The topological polar surface area (TPSA) is 69.6 Å². The number of amides is 1. The molecule has 1 aliphatic rings. The van der Waals surface area contributed by atoms with Gasteiger partial charge in [0, 0.05) is 19.6 Å². The number of nitrogens with zero attached hydrogens (tertiary/aromatic N) is 1. The highest BCUT2D eigenvalue weighted by atomic mass is 16.4. The van der Waals surface area contributed by atoms with Gasteiger partial charge in [-0.15, -0.1) is 0 Å². The average molecular weight is 284 g/mol. The molecule has 0 aromatic carbocycles. The zero-order valence-electron chi connectivity index (χ0n) is 13.1. The van der Waals surface area contributed by atoms with Gasteiger partial charge < -0.3 is 10.4 Å². The normalized spacial score (nSPS) is 24.9. The molecule has 5 heteroatoms. The summed E-state index contributed by atoms with van der Waals surface area (Å²) in [5, 5.41) is 12.4. The van der Waals surface area contributed by atoms with Crippen LogP contribution in [-0.2, 0) is 9.59 Å². The Morgan fingerprint density at radius 2 is 2.00 bits per heavy atom. The molecular formula is C15H28N2O3. The minimum atomic E-state index is -0.742. The van der Waals surface area contributed by atoms with Crippen molar-refractivity contribution in [3.8, 4) is 0 Å². The lowest BCUT2D eigenvalue weighted by Crippen LogP contribution is -2.47. The zero-order chi connectivity index (χ0) is 15.3. The number of unbranched alkanes of at least 4 members (excludes halogenated alkanes) is 1. The Bertz CT molecular complexity index is 357. The fourth-order valence-corrected chi connectivity index (χ4v) is 2.79. The Morgan fingerprint density at radius 1 is 1.35 bits per heavy atom. The number of carboxylic acid groups (broad SMARTS) is 1. The molecule has 0 aromatic heterocycles. The number of carboxylic acids is 1. The molecule has 1 rings (SSSR count). The van der Waals surface area contributed by atoms with Crippen LogP contribution in [0.4, 0.5) is 0 Å². The third-order valence-electron chi connectivity index (χ3n) is 4.62. The van der Waals surface area contributed by atoms with Gasteiger partial charge in [-0.25, -0.2) is 0 Å². The van der Waals surface area contributed by atoms with Crippen molar-refractivity contribution in [2.45, 2.75) is 53.0 Å². The van der Waals surface area contributed by atoms with E-state index in [-0.39, 0.29) is 17.9 Å². The summed E-state index contributed by atoms with van der Waals surface area (Å²) in [4.78, 5) is 25.6. The van der Waals surface area contributed by atoms with Crippen LogP contribution >= 0.6 is 0 Å². The van der Waals surface area contributed by atoms with Crippen LogP contribution in [0.2, 0.25) is 0 Å². The molecule has 1 heterocycles. The predicted octanol–water partition coefficient (Wildman–Crippen LogP) is 1.72. The lowest BCUT2D eigenvalue weighted by atomic mass is 9.76. The minimum absolute atomic E-state index is 0.00314. The highest BCUT2D eigenvalue weighted by Gasteiger charge is 2.48. The molecule has 0 saturated carbocycles. The molecule has 116 valence electrons. The number of rotatable bonds is 7. The van der Waals surface area contributed by atoms with Crippen LogP contribution in [-0.4, -0.2) is 47.6 Å². The number of carbonyl (C=O) groups is 2. The van der Waals surface area contributed by atoms with E-state index in [1.807, 2.05) is 25.7 Å². The van der Waals surface area contributed by atoms with Crippen LogP contribution in [0.3, 0.4) is 0 Å². The second-order valence-electron chi connectivity index (χ2n) is 6.16. The Balaban J connectivity index is 2.62. The van der Waals surface area contributed by atoms with Gasteiger partial charge in [-0.1, -0.05) is 27.2 Å². The van der Waals surface area contributed by atoms with Gasteiger partial charge in [0.2, 0.25) is 5.91 Å². The van der Waals surface area contributed by atoms with Crippen molar-refractivity contribution >= 4 is 11.9 Å². The van der Waals surface area contributed by atoms with Crippen LogP contribution < -0.4 is 5.32 Å². The SMILES string of the molecule is CCCCNC(=O)C(C)N1CCC(C(=O)O)(C(C)C)C1. The molecule has 0 radical (unpaired) electrons. The summed E-state index contributed by atoms with van der Waals surface area (Å²) < 4.78 is 0. The smallest absolute Gasteiger partial charge is 0.311 e. The average Bonchev–Trinajstić information content (AvgIpc) is 2.84. The van der Waals surface area contributed by atoms with Gasteiger partial charge in [0.1, 0.15) is 0 Å². The van der Waals surface area contributed by atoms with E-state index >= 15 is 0 Å². The monoisotopic (exact) mass is 284 g/mol. The Kier molecular flexibility index (Phi) is 5.99. The van der Waals surface area contributed by atoms with Crippen molar-refractivity contribution in [1.82, 2.24) is 10.2 Å². The van der Waals surface area contributed by atoms with E-state index in [4.69, 9.17) is 0 Å². The second kappa shape index (κ2) is 7.07. The number of hydrogen-bond donors (Lipinski definition) is 2. The minimum Gasteiger partial charge on any atom is -0.481 e. The molecular weight excluding hydrogens is 256 g/mol. The van der Waals surface area contributed by atoms with E-state index in [0.717, 1.165) is 12.8 Å². The maximum Gasteiger partial charge on any atom is 0.311 e. The fraction of sp³-hybridized carbons (Fsp3) is 0.867. The lowest BCUT2D eigenvalue weighted by molar-refractivity contribution is -0.151. The Hall–Kier alpha value is -1.10. The van der Waals surface area contributed by atoms with E-state index in [9.17, 15) is 14.7 Å². The summed E-state index contributed by atoms with van der Waals surface area (Å²) >= 11 is 0. The summed E-state index contributed by atoms with van der Waals surface area (Å²) in [6.45, 7) is 9.67. The molecule has 20 heavy (non-hydrogen) atoms. The van der Waals surface area contributed by atoms with Crippen molar-refractivity contribution < 1.29 is 14.7 Å². The van der Waals surface area contributed by atoms with Crippen LogP contribution in [0.25, 0.3) is 0 Å². The first kappa shape index (κ1) is 17.0. The molecule has 0 bridgehead atoms. The molecule has 2 N–H and O–H groups in total. The second-order valence-corrected chi connectivity index (χ2v) is 6.16. The largest absolute Gasteiger partial charge is 0.481 e. The van der Waals surface area contributed by atoms with Gasteiger partial charge in [-0.3, -0.25) is 14.5 Å². The Morgan fingerprint density at radius 3 is 2.45 bits per heavy atom. The quantitative estimate of drug-likeness (QED) is 0.698. The molecule has 0 aliphatic carbocycles. The third kappa shape index (κ3) is 3.51. The highest BCUT2D eigenvalue weighted by molar-refractivity contribution is 5.82. The van der Waals surface area contributed by atoms with E-state index in [1.165, 1.54) is 0 Å². The fourth-order valence-electron chi connectivity index (χ4n) is 2.79. The van der Waals surface area contributed by atoms with Gasteiger partial charge in [0.25, 0.3) is 0 Å². The van der Waals surface area contributed by atoms with Gasteiger partial charge in [0.05, 0.1) is 11.5 Å². The van der Waals surface area contributed by atoms with E-state index in [0.29, 0.717) is 26.1 Å². The van der Waals surface area contributed by atoms with Gasteiger partial charge in [-0.2, -0.15) is 0 Å². The number of likely N-dealkylation sites (tertiary alicyclic amines) is 1. The number of nitrogens with one attached hydrogen (secondary N) is 1. The van der Waals surface area contributed by atoms with Crippen molar-refractivity contribution in [2.24, 2.45) is 11.3 Å². The summed E-state index contributed by atoms with van der Waals surface area (Å²) in [7, 11) is 0. The molecule has 1 aliphatic heterocycles. The van der Waals surface area contributed by atoms with Crippen molar-refractivity contribution in [2.75, 3.05) is 19.6 Å². The molecule has 1 saturated heterocycles. The molecule has 2 atom stereocenters. The van der Waals surface area contributed by atoms with E-state index in [1.54, 1.807) is 0 Å². The highest BCUT2D eigenvalue weighted by Crippen LogP contribution is 2.38. The molecule has 1 fully saturated rings. The maximum atomic E-state index is 12.1. The zero-order valence-corrected chi connectivity index (χ0v) is 13.1. The third-order valence-corrected chi connectivity index (χ3v) is 4.62. The van der Waals surface area contributed by atoms with Crippen LogP contribution in [0.15, 0.2) is 0 Å². The Labute approximate surface area is 121 Å². The molecule has 2 unspecified atom stereocenters. The van der Waals surface area contributed by atoms with Crippen LogP contribution in [0.1, 0.15) is 47.0 Å². The van der Waals surface area contributed by atoms with Gasteiger partial charge in [-0.05, 0) is 25.7 Å². The first-order valence-electron chi connectivity index (χ1n) is 7.60. The van der Waals surface area contributed by atoms with Crippen molar-refractivity contribution in [3.05, 3.63) is 0 Å². The first-order chi connectivity index (χ1) is 9.35. The van der Waals surface area contributed by atoms with E-state index in [2.05, 4.69) is 12.2 Å². The number of hydrogen-bond acceptors (Lipinski definition) is 3. The van der Waals surface area contributed by atoms with Gasteiger partial charge in [0.15, 0.2) is 0 Å². The number of aliphatic carboxylic acids is 1. The summed E-state index contributed by atoms with van der Waals surface area (Å²) in [5.74, 6) is -0.669. The van der Waals surface area contributed by atoms with Crippen LogP contribution in [0, 0.1) is 11.3 Å². The predicted molar refractivity (Wildman–Crippen MR) is 78.5 cm³/mol. The van der Waals surface area contributed by atoms with Gasteiger partial charge >= 0.3 is 5.97 Å². The van der Waals surface area contributed by atoms with Crippen LogP contribution in [0.5, 0.6) is 0 Å². The van der Waals surface area contributed by atoms with E-state index < -0.39 is 11.4 Å². The lowest BCUT2D eigenvalue weighted by Gasteiger charge is -2.30. The summed E-state index contributed by atoms with van der Waals surface area (Å²) in [5.41, 5.74) is -0.710. The molecule has 1 amide bonds. The summed E-state index contributed by atoms with van der Waals surface area (Å²) in [6, 6.07) is -0.258. The first-order valence-corrected chi connectivity index (χ1v) is 7.60. The summed E-state index contributed by atoms with van der Waals surface area (Å²) in [6.07, 6.45) is 2.64. The molecule has 5 nitrogen and oxygen atoms in total. The van der Waals surface area contributed by atoms with Crippen molar-refractivity contribution in [1.29, 1.82) is 0 Å². The molecule has 0 aromatic rings.